The van der Waals surface area contributed by atoms with E-state index in [2.05, 4.69) is 33.4 Å². The van der Waals surface area contributed by atoms with Gasteiger partial charge in [0.05, 0.1) is 22.3 Å². The van der Waals surface area contributed by atoms with Crippen molar-refractivity contribution in [2.24, 2.45) is 0 Å². The van der Waals surface area contributed by atoms with E-state index in [9.17, 15) is 0 Å². The second-order valence-corrected chi connectivity index (χ2v) is 6.23. The predicted octanol–water partition coefficient (Wildman–Crippen LogP) is 5.30. The molecule has 104 valence electrons. The molecule has 20 heavy (non-hydrogen) atoms. The summed E-state index contributed by atoms with van der Waals surface area (Å²) in [5.74, 6) is 0.999. The molecule has 1 N–H and O–H groups in total. The minimum Gasteiger partial charge on any atom is -0.493 e. The molecule has 2 aromatic rings. The van der Waals surface area contributed by atoms with Gasteiger partial charge in [0.2, 0.25) is 0 Å². The first kappa shape index (κ1) is 14.1. The minimum atomic E-state index is 0.527. The van der Waals surface area contributed by atoms with E-state index in [-0.39, 0.29) is 0 Å². The van der Waals surface area contributed by atoms with Crippen LogP contribution in [0.2, 0.25) is 10.0 Å². The lowest BCUT2D eigenvalue weighted by Gasteiger charge is -2.11. The molecule has 0 atom stereocenters. The van der Waals surface area contributed by atoms with Crippen molar-refractivity contribution >= 4 is 44.8 Å². The van der Waals surface area contributed by atoms with Crippen LogP contribution in [0.15, 0.2) is 34.8 Å². The number of halogens is 3. The monoisotopic (exact) mass is 371 g/mol. The maximum atomic E-state index is 6.21. The van der Waals surface area contributed by atoms with Gasteiger partial charge in [0.25, 0.3) is 0 Å². The first-order valence-electron chi connectivity index (χ1n) is 6.27. The first-order valence-corrected chi connectivity index (χ1v) is 7.82. The van der Waals surface area contributed by atoms with Gasteiger partial charge in [0.1, 0.15) is 5.75 Å². The summed E-state index contributed by atoms with van der Waals surface area (Å²) in [6.07, 6.45) is 0.980. The van der Waals surface area contributed by atoms with Crippen LogP contribution in [0.3, 0.4) is 0 Å². The maximum Gasteiger partial charge on any atom is 0.122 e. The predicted molar refractivity (Wildman–Crippen MR) is 87.1 cm³/mol. The molecular weight excluding hydrogens is 361 g/mol. The molecule has 0 saturated carbocycles. The number of nitrogens with one attached hydrogen (secondary N) is 1. The van der Waals surface area contributed by atoms with Crippen LogP contribution in [0.25, 0.3) is 0 Å². The van der Waals surface area contributed by atoms with Gasteiger partial charge in [-0.25, -0.2) is 0 Å². The van der Waals surface area contributed by atoms with Crippen LogP contribution in [-0.4, -0.2) is 6.61 Å². The van der Waals surface area contributed by atoms with Gasteiger partial charge in [-0.05, 0) is 45.3 Å². The molecule has 0 unspecified atom stereocenters. The van der Waals surface area contributed by atoms with Crippen LogP contribution in [0.1, 0.15) is 11.1 Å². The van der Waals surface area contributed by atoms with Gasteiger partial charge in [-0.15, -0.1) is 0 Å². The Balaban J connectivity index is 1.75. The summed E-state index contributed by atoms with van der Waals surface area (Å²) in [7, 11) is 0. The molecule has 0 aromatic heterocycles. The van der Waals surface area contributed by atoms with Gasteiger partial charge in [0, 0.05) is 17.4 Å². The van der Waals surface area contributed by atoms with Gasteiger partial charge in [0.15, 0.2) is 0 Å². The Morgan fingerprint density at radius 2 is 2.00 bits per heavy atom. The fourth-order valence-electron chi connectivity index (χ4n) is 2.21. The van der Waals surface area contributed by atoms with Crippen LogP contribution in [0.4, 0.5) is 5.69 Å². The van der Waals surface area contributed by atoms with Crippen molar-refractivity contribution in [1.29, 1.82) is 0 Å². The number of hydrogen-bond acceptors (Lipinski definition) is 2. The highest BCUT2D eigenvalue weighted by atomic mass is 79.9. The maximum absolute atomic E-state index is 6.21. The van der Waals surface area contributed by atoms with E-state index in [0.717, 1.165) is 28.9 Å². The molecule has 0 radical (unpaired) electrons. The smallest absolute Gasteiger partial charge is 0.122 e. The molecule has 2 nitrogen and oxygen atoms in total. The third-order valence-corrected chi connectivity index (χ3v) is 5.04. The molecule has 0 bridgehead atoms. The molecule has 0 saturated heterocycles. The third-order valence-electron chi connectivity index (χ3n) is 3.27. The largest absolute Gasteiger partial charge is 0.493 e. The SMILES string of the molecule is Clc1c(Br)ccc(NCc2ccc3c(c2)CCO3)c1Cl. The summed E-state index contributed by atoms with van der Waals surface area (Å²) < 4.78 is 6.30. The quantitative estimate of drug-likeness (QED) is 0.737. The van der Waals surface area contributed by atoms with E-state index >= 15 is 0 Å². The molecule has 2 aromatic carbocycles. The molecule has 1 aliphatic heterocycles. The molecule has 3 rings (SSSR count). The number of hydrogen-bond donors (Lipinski definition) is 1. The number of benzene rings is 2. The second kappa shape index (κ2) is 5.84. The summed E-state index contributed by atoms with van der Waals surface area (Å²) in [5.41, 5.74) is 3.30. The summed E-state index contributed by atoms with van der Waals surface area (Å²) in [6, 6.07) is 10.0. The van der Waals surface area contributed by atoms with E-state index in [1.807, 2.05) is 18.2 Å². The summed E-state index contributed by atoms with van der Waals surface area (Å²) in [4.78, 5) is 0. The molecule has 5 heteroatoms. The Morgan fingerprint density at radius 1 is 1.15 bits per heavy atom. The van der Waals surface area contributed by atoms with Crippen LogP contribution < -0.4 is 10.1 Å². The van der Waals surface area contributed by atoms with Crippen molar-refractivity contribution in [3.8, 4) is 5.75 Å². The molecule has 1 heterocycles. The molecule has 0 amide bonds. The molecular formula is C15H12BrCl2NO. The fourth-order valence-corrected chi connectivity index (χ4v) is 3.05. The molecule has 1 aliphatic rings. The number of anilines is 1. The molecule has 0 spiro atoms. The highest BCUT2D eigenvalue weighted by Gasteiger charge is 2.12. The average molecular weight is 373 g/mol. The van der Waals surface area contributed by atoms with Crippen molar-refractivity contribution in [1.82, 2.24) is 0 Å². The Bertz CT molecular complexity index is 661. The topological polar surface area (TPSA) is 21.3 Å². The third kappa shape index (κ3) is 2.76. The van der Waals surface area contributed by atoms with Crippen molar-refractivity contribution in [3.05, 3.63) is 56.0 Å². The highest BCUT2D eigenvalue weighted by Crippen LogP contribution is 2.36. The normalized spacial score (nSPS) is 12.9. The van der Waals surface area contributed by atoms with Crippen molar-refractivity contribution in [2.45, 2.75) is 13.0 Å². The van der Waals surface area contributed by atoms with E-state index in [1.165, 1.54) is 11.1 Å². The number of rotatable bonds is 3. The van der Waals surface area contributed by atoms with Gasteiger partial charge < -0.3 is 10.1 Å². The fraction of sp³-hybridized carbons (Fsp3) is 0.200. The Hall–Kier alpha value is -0.900. The highest BCUT2D eigenvalue weighted by molar-refractivity contribution is 9.10. The van der Waals surface area contributed by atoms with Crippen LogP contribution in [-0.2, 0) is 13.0 Å². The standard InChI is InChI=1S/C15H12BrCl2NO/c16-11-2-3-12(15(18)14(11)17)19-8-9-1-4-13-10(7-9)5-6-20-13/h1-4,7,19H,5-6,8H2. The lowest BCUT2D eigenvalue weighted by molar-refractivity contribution is 0.357. The lowest BCUT2D eigenvalue weighted by atomic mass is 10.1. The average Bonchev–Trinajstić information content (AvgIpc) is 2.91. The molecule has 0 fully saturated rings. The lowest BCUT2D eigenvalue weighted by Crippen LogP contribution is -2.00. The van der Waals surface area contributed by atoms with Gasteiger partial charge in [-0.3, -0.25) is 0 Å². The summed E-state index contributed by atoms with van der Waals surface area (Å²) in [5, 5.41) is 4.37. The van der Waals surface area contributed by atoms with E-state index in [4.69, 9.17) is 27.9 Å². The van der Waals surface area contributed by atoms with Gasteiger partial charge >= 0.3 is 0 Å². The Kier molecular flexibility index (Phi) is 4.11. The Morgan fingerprint density at radius 3 is 2.85 bits per heavy atom. The van der Waals surface area contributed by atoms with Crippen LogP contribution in [0.5, 0.6) is 5.75 Å². The van der Waals surface area contributed by atoms with E-state index in [1.54, 1.807) is 0 Å². The zero-order valence-electron chi connectivity index (χ0n) is 10.6. The van der Waals surface area contributed by atoms with Crippen LogP contribution >= 0.6 is 39.1 Å². The van der Waals surface area contributed by atoms with E-state index in [0.29, 0.717) is 16.6 Å². The Labute approximate surface area is 136 Å². The van der Waals surface area contributed by atoms with Gasteiger partial charge in [-0.2, -0.15) is 0 Å². The van der Waals surface area contributed by atoms with Crippen molar-refractivity contribution in [3.63, 3.8) is 0 Å². The summed E-state index contributed by atoms with van der Waals surface area (Å²) in [6.45, 7) is 1.48. The number of ether oxygens (including phenoxy) is 1. The number of fused-ring (bicyclic) bond motifs is 1. The zero-order chi connectivity index (χ0) is 14.1. The van der Waals surface area contributed by atoms with Crippen LogP contribution in [0, 0.1) is 0 Å². The van der Waals surface area contributed by atoms with Gasteiger partial charge in [-0.1, -0.05) is 35.3 Å². The minimum absolute atomic E-state index is 0.527. The second-order valence-electron chi connectivity index (χ2n) is 4.62. The first-order chi connectivity index (χ1) is 9.65. The zero-order valence-corrected chi connectivity index (χ0v) is 13.6. The van der Waals surface area contributed by atoms with E-state index < -0.39 is 0 Å². The molecule has 0 aliphatic carbocycles. The van der Waals surface area contributed by atoms with Crippen molar-refractivity contribution < 1.29 is 4.74 Å². The summed E-state index contributed by atoms with van der Waals surface area (Å²) >= 11 is 15.7. The van der Waals surface area contributed by atoms with Crippen molar-refractivity contribution in [2.75, 3.05) is 11.9 Å².